The Hall–Kier alpha value is -1.49. The molecule has 110 valence electrons. The molecule has 1 aromatic heterocycles. The van der Waals surface area contributed by atoms with Crippen LogP contribution in [0.5, 0.6) is 0 Å². The van der Waals surface area contributed by atoms with Gasteiger partial charge in [0.25, 0.3) is 5.91 Å². The molecule has 0 radical (unpaired) electrons. The Labute approximate surface area is 123 Å². The van der Waals surface area contributed by atoms with Crippen molar-refractivity contribution in [1.29, 1.82) is 0 Å². The van der Waals surface area contributed by atoms with Gasteiger partial charge in [0.2, 0.25) is 0 Å². The summed E-state index contributed by atoms with van der Waals surface area (Å²) in [5, 5.41) is 0.437. The number of rotatable bonds is 3. The molecule has 1 fully saturated rings. The second-order valence-electron chi connectivity index (χ2n) is 4.96. The monoisotopic (exact) mass is 298 g/mol. The molecular weight excluding hydrogens is 280 g/mol. The SMILES string of the molecule is O=C(OCC(=O)N1CCCCCCC1)c1cc(Cl)c[nH]1. The lowest BCUT2D eigenvalue weighted by molar-refractivity contribution is -0.134. The van der Waals surface area contributed by atoms with E-state index in [1.807, 2.05) is 0 Å². The first-order valence-corrected chi connectivity index (χ1v) is 7.33. The fourth-order valence-corrected chi connectivity index (χ4v) is 2.44. The van der Waals surface area contributed by atoms with Gasteiger partial charge in [0.15, 0.2) is 6.61 Å². The Bertz CT molecular complexity index is 465. The van der Waals surface area contributed by atoms with Crippen LogP contribution >= 0.6 is 11.6 Å². The van der Waals surface area contributed by atoms with E-state index < -0.39 is 5.97 Å². The van der Waals surface area contributed by atoms with Crippen LogP contribution < -0.4 is 0 Å². The van der Waals surface area contributed by atoms with Crippen LogP contribution in [-0.2, 0) is 9.53 Å². The number of aromatic amines is 1. The van der Waals surface area contributed by atoms with Crippen LogP contribution in [0.15, 0.2) is 12.3 Å². The van der Waals surface area contributed by atoms with E-state index in [9.17, 15) is 9.59 Å². The normalized spacial score (nSPS) is 16.4. The van der Waals surface area contributed by atoms with Crippen molar-refractivity contribution in [3.63, 3.8) is 0 Å². The van der Waals surface area contributed by atoms with E-state index >= 15 is 0 Å². The molecule has 0 atom stereocenters. The maximum Gasteiger partial charge on any atom is 0.355 e. The number of H-pyrrole nitrogens is 1. The van der Waals surface area contributed by atoms with Crippen molar-refractivity contribution < 1.29 is 14.3 Å². The van der Waals surface area contributed by atoms with Crippen molar-refractivity contribution in [3.05, 3.63) is 23.0 Å². The second-order valence-corrected chi connectivity index (χ2v) is 5.39. The van der Waals surface area contributed by atoms with Gasteiger partial charge in [-0.05, 0) is 18.9 Å². The number of likely N-dealkylation sites (tertiary alicyclic amines) is 1. The molecule has 1 aliphatic rings. The molecule has 1 amide bonds. The molecule has 1 aromatic rings. The number of nitrogens with one attached hydrogen (secondary N) is 1. The molecule has 0 spiro atoms. The summed E-state index contributed by atoms with van der Waals surface area (Å²) < 4.78 is 5.01. The molecule has 20 heavy (non-hydrogen) atoms. The largest absolute Gasteiger partial charge is 0.451 e. The molecule has 0 unspecified atom stereocenters. The van der Waals surface area contributed by atoms with Crippen molar-refractivity contribution in [2.45, 2.75) is 32.1 Å². The number of carbonyl (C=O) groups is 2. The van der Waals surface area contributed by atoms with Gasteiger partial charge in [-0.1, -0.05) is 30.9 Å². The molecule has 1 saturated heterocycles. The summed E-state index contributed by atoms with van der Waals surface area (Å²) in [7, 11) is 0. The molecule has 0 saturated carbocycles. The molecule has 1 aliphatic heterocycles. The first-order chi connectivity index (χ1) is 9.66. The highest BCUT2D eigenvalue weighted by atomic mass is 35.5. The highest BCUT2D eigenvalue weighted by Crippen LogP contribution is 2.12. The maximum absolute atomic E-state index is 12.0. The molecule has 2 heterocycles. The van der Waals surface area contributed by atoms with Gasteiger partial charge < -0.3 is 14.6 Å². The van der Waals surface area contributed by atoms with E-state index in [0.29, 0.717) is 5.02 Å². The van der Waals surface area contributed by atoms with Gasteiger partial charge in [0.05, 0.1) is 5.02 Å². The van der Waals surface area contributed by atoms with Crippen LogP contribution in [0.2, 0.25) is 5.02 Å². The number of hydrogen-bond acceptors (Lipinski definition) is 3. The Morgan fingerprint density at radius 1 is 1.20 bits per heavy atom. The van der Waals surface area contributed by atoms with Crippen LogP contribution in [0, 0.1) is 0 Å². The Kier molecular flexibility index (Phi) is 5.47. The standard InChI is InChI=1S/C14H19ClN2O3/c15-11-8-12(16-9-11)14(19)20-10-13(18)17-6-4-2-1-3-5-7-17/h8-9,16H,1-7,10H2. The van der Waals surface area contributed by atoms with E-state index in [1.54, 1.807) is 4.90 Å². The van der Waals surface area contributed by atoms with Gasteiger partial charge in [0.1, 0.15) is 5.69 Å². The van der Waals surface area contributed by atoms with Crippen molar-refractivity contribution in [1.82, 2.24) is 9.88 Å². The van der Waals surface area contributed by atoms with Crippen LogP contribution in [0.1, 0.15) is 42.6 Å². The predicted octanol–water partition coefficient (Wildman–Crippen LogP) is 2.62. The molecule has 2 rings (SSSR count). The third kappa shape index (κ3) is 4.27. The van der Waals surface area contributed by atoms with Gasteiger partial charge in [-0.3, -0.25) is 4.79 Å². The zero-order valence-corrected chi connectivity index (χ0v) is 12.1. The summed E-state index contributed by atoms with van der Waals surface area (Å²) in [5.41, 5.74) is 0.260. The zero-order chi connectivity index (χ0) is 14.4. The summed E-state index contributed by atoms with van der Waals surface area (Å²) >= 11 is 5.71. The number of aromatic nitrogens is 1. The van der Waals surface area contributed by atoms with E-state index in [-0.39, 0.29) is 18.2 Å². The Balaban J connectivity index is 1.80. The Morgan fingerprint density at radius 3 is 2.45 bits per heavy atom. The van der Waals surface area contributed by atoms with Gasteiger partial charge in [-0.15, -0.1) is 0 Å². The predicted molar refractivity (Wildman–Crippen MR) is 75.8 cm³/mol. The molecule has 0 aromatic carbocycles. The van der Waals surface area contributed by atoms with Crippen molar-refractivity contribution in [3.8, 4) is 0 Å². The van der Waals surface area contributed by atoms with Gasteiger partial charge in [-0.2, -0.15) is 0 Å². The first-order valence-electron chi connectivity index (χ1n) is 6.95. The third-order valence-electron chi connectivity index (χ3n) is 3.40. The lowest BCUT2D eigenvalue weighted by Gasteiger charge is -2.24. The number of esters is 1. The van der Waals surface area contributed by atoms with Crippen LogP contribution in [0.4, 0.5) is 0 Å². The highest BCUT2D eigenvalue weighted by Gasteiger charge is 2.17. The molecule has 0 aliphatic carbocycles. The minimum absolute atomic E-state index is 0.127. The van der Waals surface area contributed by atoms with E-state index in [0.717, 1.165) is 38.8 Å². The maximum atomic E-state index is 12.0. The van der Waals surface area contributed by atoms with Crippen molar-refractivity contribution >= 4 is 23.5 Å². The summed E-state index contributed by atoms with van der Waals surface area (Å²) in [6.07, 6.45) is 7.09. The van der Waals surface area contributed by atoms with Gasteiger partial charge >= 0.3 is 5.97 Å². The first kappa shape index (κ1) is 14.9. The smallest absolute Gasteiger partial charge is 0.355 e. The van der Waals surface area contributed by atoms with E-state index in [1.165, 1.54) is 18.7 Å². The van der Waals surface area contributed by atoms with Crippen LogP contribution in [0.25, 0.3) is 0 Å². The fraction of sp³-hybridized carbons (Fsp3) is 0.571. The van der Waals surface area contributed by atoms with E-state index in [2.05, 4.69) is 4.98 Å². The van der Waals surface area contributed by atoms with Crippen LogP contribution in [-0.4, -0.2) is 41.5 Å². The number of nitrogens with zero attached hydrogens (tertiary/aromatic N) is 1. The average molecular weight is 299 g/mol. The number of ether oxygens (including phenoxy) is 1. The molecule has 5 nitrogen and oxygen atoms in total. The van der Waals surface area contributed by atoms with Gasteiger partial charge in [0, 0.05) is 19.3 Å². The molecule has 1 N–H and O–H groups in total. The summed E-state index contributed by atoms with van der Waals surface area (Å²) in [6.45, 7) is 1.30. The summed E-state index contributed by atoms with van der Waals surface area (Å²) in [5.74, 6) is -0.685. The summed E-state index contributed by atoms with van der Waals surface area (Å²) in [6, 6.07) is 1.48. The number of amides is 1. The van der Waals surface area contributed by atoms with Crippen molar-refractivity contribution in [2.75, 3.05) is 19.7 Å². The lowest BCUT2D eigenvalue weighted by Crippen LogP contribution is -2.36. The third-order valence-corrected chi connectivity index (χ3v) is 3.62. The minimum atomic E-state index is -0.558. The van der Waals surface area contributed by atoms with E-state index in [4.69, 9.17) is 16.3 Å². The lowest BCUT2D eigenvalue weighted by atomic mass is 10.1. The van der Waals surface area contributed by atoms with Crippen LogP contribution in [0.3, 0.4) is 0 Å². The minimum Gasteiger partial charge on any atom is -0.451 e. The molecule has 6 heteroatoms. The number of halogens is 1. The second kappa shape index (κ2) is 7.33. The fourth-order valence-electron chi connectivity index (χ4n) is 2.28. The molecule has 0 bridgehead atoms. The zero-order valence-electron chi connectivity index (χ0n) is 11.4. The Morgan fingerprint density at radius 2 is 1.85 bits per heavy atom. The highest BCUT2D eigenvalue weighted by molar-refractivity contribution is 6.30. The number of carbonyl (C=O) groups excluding carboxylic acids is 2. The quantitative estimate of drug-likeness (QED) is 0.873. The average Bonchev–Trinajstić information content (AvgIpc) is 2.82. The van der Waals surface area contributed by atoms with Crippen molar-refractivity contribution in [2.24, 2.45) is 0 Å². The molecular formula is C14H19ClN2O3. The van der Waals surface area contributed by atoms with Gasteiger partial charge in [-0.25, -0.2) is 4.79 Å². The summed E-state index contributed by atoms with van der Waals surface area (Å²) in [4.78, 5) is 28.2. The topological polar surface area (TPSA) is 62.4 Å². The number of hydrogen-bond donors (Lipinski definition) is 1.